The van der Waals surface area contributed by atoms with Crippen LogP contribution in [0.4, 0.5) is 0 Å². The van der Waals surface area contributed by atoms with Crippen LogP contribution in [0.1, 0.15) is 33.6 Å². The third-order valence-corrected chi connectivity index (χ3v) is 4.42. The highest BCUT2D eigenvalue weighted by Crippen LogP contribution is 2.48. The summed E-state index contributed by atoms with van der Waals surface area (Å²) < 4.78 is 22.2. The van der Waals surface area contributed by atoms with E-state index >= 15 is 0 Å². The number of carbonyl (C=O) groups excluding carboxylic acids is 1. The van der Waals surface area contributed by atoms with Crippen LogP contribution in [0.25, 0.3) is 0 Å². The molecule has 0 heterocycles. The van der Waals surface area contributed by atoms with Crippen molar-refractivity contribution in [3.05, 3.63) is 0 Å². The molecule has 0 aliphatic carbocycles. The molecule has 18 heavy (non-hydrogen) atoms. The van der Waals surface area contributed by atoms with Crippen molar-refractivity contribution in [3.8, 4) is 0 Å². The summed E-state index contributed by atoms with van der Waals surface area (Å²) in [5.41, 5.74) is 0. The van der Waals surface area contributed by atoms with Gasteiger partial charge < -0.3 is 19.5 Å². The molecule has 1 amide bonds. The minimum absolute atomic E-state index is 0.0579. The third kappa shape index (κ3) is 7.11. The standard InChI is InChI=1S/C11H24NO5P/c1-4-10(9-13)12-11(14)7-8-18(15,16-5-2)17-6-3/h10,13H,4-9H2,1-3H3,(H,12,14)/t10-/m1/s1. The number of nitrogens with one attached hydrogen (secondary N) is 1. The van der Waals surface area contributed by atoms with E-state index in [2.05, 4.69) is 5.32 Å². The van der Waals surface area contributed by atoms with Gasteiger partial charge in [0.2, 0.25) is 5.91 Å². The van der Waals surface area contributed by atoms with Gasteiger partial charge in [0.1, 0.15) is 0 Å². The van der Waals surface area contributed by atoms with Gasteiger partial charge in [0.15, 0.2) is 0 Å². The molecule has 0 saturated heterocycles. The predicted octanol–water partition coefficient (Wildman–Crippen LogP) is 1.53. The van der Waals surface area contributed by atoms with Gasteiger partial charge in [-0.25, -0.2) is 0 Å². The number of aliphatic hydroxyl groups is 1. The van der Waals surface area contributed by atoms with Crippen LogP contribution >= 0.6 is 7.60 Å². The van der Waals surface area contributed by atoms with Gasteiger partial charge in [-0.2, -0.15) is 0 Å². The van der Waals surface area contributed by atoms with Crippen LogP contribution in [0.3, 0.4) is 0 Å². The zero-order valence-corrected chi connectivity index (χ0v) is 12.2. The summed E-state index contributed by atoms with van der Waals surface area (Å²) in [5, 5.41) is 11.6. The Hall–Kier alpha value is -0.420. The zero-order chi connectivity index (χ0) is 14.0. The van der Waals surface area contributed by atoms with Gasteiger partial charge in [-0.3, -0.25) is 9.36 Å². The second-order valence-electron chi connectivity index (χ2n) is 3.78. The maximum Gasteiger partial charge on any atom is 0.331 e. The fraction of sp³-hybridized carbons (Fsp3) is 0.909. The number of hydrogen-bond acceptors (Lipinski definition) is 5. The molecule has 0 aliphatic heterocycles. The van der Waals surface area contributed by atoms with Crippen molar-refractivity contribution >= 4 is 13.5 Å². The Balaban J connectivity index is 4.18. The topological polar surface area (TPSA) is 84.9 Å². The second kappa shape index (κ2) is 9.50. The number of carbonyl (C=O) groups is 1. The van der Waals surface area contributed by atoms with Crippen LogP contribution in [0.15, 0.2) is 0 Å². The second-order valence-corrected chi connectivity index (χ2v) is 5.96. The Kier molecular flexibility index (Phi) is 9.28. The van der Waals surface area contributed by atoms with Gasteiger partial charge >= 0.3 is 7.60 Å². The first kappa shape index (κ1) is 17.6. The van der Waals surface area contributed by atoms with E-state index in [1.807, 2.05) is 6.92 Å². The van der Waals surface area contributed by atoms with Gasteiger partial charge in [-0.15, -0.1) is 0 Å². The molecule has 1 atom stereocenters. The molecule has 0 bridgehead atoms. The average molecular weight is 281 g/mol. The highest BCUT2D eigenvalue weighted by molar-refractivity contribution is 7.53. The molecule has 0 aromatic carbocycles. The number of amides is 1. The van der Waals surface area contributed by atoms with Crippen molar-refractivity contribution in [2.45, 2.75) is 39.7 Å². The molecule has 7 heteroatoms. The van der Waals surface area contributed by atoms with Crippen LogP contribution in [-0.2, 0) is 18.4 Å². The van der Waals surface area contributed by atoms with Crippen molar-refractivity contribution < 1.29 is 23.5 Å². The van der Waals surface area contributed by atoms with Crippen LogP contribution in [0.2, 0.25) is 0 Å². The Labute approximate surface area is 109 Å². The molecule has 0 aromatic heterocycles. The molecule has 2 N–H and O–H groups in total. The van der Waals surface area contributed by atoms with E-state index in [0.29, 0.717) is 6.42 Å². The lowest BCUT2D eigenvalue weighted by molar-refractivity contribution is -0.121. The van der Waals surface area contributed by atoms with Crippen LogP contribution < -0.4 is 5.32 Å². The number of rotatable bonds is 10. The predicted molar refractivity (Wildman–Crippen MR) is 69.7 cm³/mol. The SMILES string of the molecule is CCOP(=O)(CCC(=O)N[C@H](CC)CO)OCC. The lowest BCUT2D eigenvalue weighted by atomic mass is 10.2. The van der Waals surface area contributed by atoms with Gasteiger partial charge in [-0.05, 0) is 20.3 Å². The van der Waals surface area contributed by atoms with Crippen LogP contribution in [0, 0.1) is 0 Å². The Bertz CT molecular complexity index is 271. The van der Waals surface area contributed by atoms with E-state index in [-0.39, 0.29) is 44.4 Å². The van der Waals surface area contributed by atoms with E-state index < -0.39 is 7.60 Å². The molecule has 6 nitrogen and oxygen atoms in total. The Morgan fingerprint density at radius 1 is 1.28 bits per heavy atom. The molecular weight excluding hydrogens is 257 g/mol. The molecule has 0 spiro atoms. The summed E-state index contributed by atoms with van der Waals surface area (Å²) in [5.74, 6) is -0.254. The maximum absolute atomic E-state index is 12.1. The van der Waals surface area contributed by atoms with E-state index in [1.54, 1.807) is 13.8 Å². The van der Waals surface area contributed by atoms with Gasteiger partial charge in [0.05, 0.1) is 32.0 Å². The van der Waals surface area contributed by atoms with Crippen molar-refractivity contribution in [2.75, 3.05) is 26.0 Å². The molecule has 108 valence electrons. The van der Waals surface area contributed by atoms with Crippen molar-refractivity contribution in [1.29, 1.82) is 0 Å². The number of hydrogen-bond donors (Lipinski definition) is 2. The molecular formula is C11H24NO5P. The minimum atomic E-state index is -3.16. The van der Waals surface area contributed by atoms with Gasteiger partial charge in [-0.1, -0.05) is 6.92 Å². The maximum atomic E-state index is 12.1. The average Bonchev–Trinajstić information content (AvgIpc) is 2.34. The summed E-state index contributed by atoms with van der Waals surface area (Å²) in [6, 6.07) is -0.254. The normalized spacial score (nSPS) is 13.3. The largest absolute Gasteiger partial charge is 0.394 e. The first-order valence-corrected chi connectivity index (χ1v) is 8.02. The van der Waals surface area contributed by atoms with Crippen molar-refractivity contribution in [3.63, 3.8) is 0 Å². The fourth-order valence-electron chi connectivity index (χ4n) is 1.37. The fourth-order valence-corrected chi connectivity index (χ4v) is 2.97. The van der Waals surface area contributed by atoms with E-state index in [1.165, 1.54) is 0 Å². The molecule has 0 fully saturated rings. The molecule has 0 saturated carbocycles. The van der Waals surface area contributed by atoms with Crippen molar-refractivity contribution in [1.82, 2.24) is 5.32 Å². The third-order valence-electron chi connectivity index (χ3n) is 2.34. The van der Waals surface area contributed by atoms with Crippen LogP contribution in [0.5, 0.6) is 0 Å². The van der Waals surface area contributed by atoms with Crippen LogP contribution in [-0.4, -0.2) is 43.0 Å². The van der Waals surface area contributed by atoms with E-state index in [9.17, 15) is 9.36 Å². The monoisotopic (exact) mass is 281 g/mol. The summed E-state index contributed by atoms with van der Waals surface area (Å²) in [4.78, 5) is 11.6. The van der Waals surface area contributed by atoms with E-state index in [0.717, 1.165) is 0 Å². The summed E-state index contributed by atoms with van der Waals surface area (Å²) in [6.07, 6.45) is 0.771. The number of aliphatic hydroxyl groups excluding tert-OH is 1. The van der Waals surface area contributed by atoms with E-state index in [4.69, 9.17) is 14.2 Å². The molecule has 0 rings (SSSR count). The first-order chi connectivity index (χ1) is 8.51. The smallest absolute Gasteiger partial charge is 0.331 e. The minimum Gasteiger partial charge on any atom is -0.394 e. The van der Waals surface area contributed by atoms with Crippen molar-refractivity contribution in [2.24, 2.45) is 0 Å². The van der Waals surface area contributed by atoms with Gasteiger partial charge in [0.25, 0.3) is 0 Å². The lowest BCUT2D eigenvalue weighted by Gasteiger charge is -2.18. The lowest BCUT2D eigenvalue weighted by Crippen LogP contribution is -2.37. The summed E-state index contributed by atoms with van der Waals surface area (Å²) in [6.45, 7) is 5.79. The highest BCUT2D eigenvalue weighted by Gasteiger charge is 2.24. The quantitative estimate of drug-likeness (QED) is 0.593. The first-order valence-electron chi connectivity index (χ1n) is 6.29. The molecule has 0 unspecified atom stereocenters. The Morgan fingerprint density at radius 2 is 1.83 bits per heavy atom. The summed E-state index contributed by atoms with van der Waals surface area (Å²) >= 11 is 0. The Morgan fingerprint density at radius 3 is 2.22 bits per heavy atom. The molecule has 0 aromatic rings. The summed E-state index contributed by atoms with van der Waals surface area (Å²) in [7, 11) is -3.16. The molecule has 0 radical (unpaired) electrons. The molecule has 0 aliphatic rings. The van der Waals surface area contributed by atoms with Gasteiger partial charge in [0, 0.05) is 6.42 Å². The highest BCUT2D eigenvalue weighted by atomic mass is 31.2. The zero-order valence-electron chi connectivity index (χ0n) is 11.3.